The summed E-state index contributed by atoms with van der Waals surface area (Å²) in [5.41, 5.74) is 11.3. The predicted octanol–water partition coefficient (Wildman–Crippen LogP) is 2.18. The van der Waals surface area contributed by atoms with Crippen molar-refractivity contribution in [2.24, 2.45) is 11.5 Å². The van der Waals surface area contributed by atoms with Gasteiger partial charge in [0.2, 0.25) is 0 Å². The van der Waals surface area contributed by atoms with Gasteiger partial charge in [-0.2, -0.15) is 0 Å². The van der Waals surface area contributed by atoms with E-state index < -0.39 is 11.7 Å². The minimum Gasteiger partial charge on any atom is -0.456 e. The van der Waals surface area contributed by atoms with Crippen LogP contribution in [0.25, 0.3) is 0 Å². The Balaban J connectivity index is 2.32. The summed E-state index contributed by atoms with van der Waals surface area (Å²) in [6.45, 7) is 0.423. The molecule has 5 heteroatoms. The van der Waals surface area contributed by atoms with Crippen molar-refractivity contribution in [1.82, 2.24) is 0 Å². The summed E-state index contributed by atoms with van der Waals surface area (Å²) in [6, 6.07) is 11.1. The summed E-state index contributed by atoms with van der Waals surface area (Å²) in [5.74, 6) is -1.01. The number of hydrogen-bond donors (Lipinski definition) is 2. The molecule has 0 aliphatic carbocycles. The van der Waals surface area contributed by atoms with Gasteiger partial charge in [0.25, 0.3) is 5.91 Å². The van der Waals surface area contributed by atoms with E-state index in [9.17, 15) is 9.18 Å². The normalized spacial score (nSPS) is 10.2. The van der Waals surface area contributed by atoms with E-state index in [1.54, 1.807) is 24.3 Å². The van der Waals surface area contributed by atoms with E-state index in [0.717, 1.165) is 11.6 Å². The Labute approximate surface area is 109 Å². The molecule has 1 amide bonds. The van der Waals surface area contributed by atoms with Crippen molar-refractivity contribution >= 4 is 5.91 Å². The lowest BCUT2D eigenvalue weighted by Gasteiger charge is -2.10. The lowest BCUT2D eigenvalue weighted by Crippen LogP contribution is -2.14. The van der Waals surface area contributed by atoms with Crippen LogP contribution in [0.4, 0.5) is 4.39 Å². The molecule has 0 fully saturated rings. The van der Waals surface area contributed by atoms with Crippen LogP contribution in [0.1, 0.15) is 15.9 Å². The molecule has 0 aliphatic heterocycles. The second-order valence-corrected chi connectivity index (χ2v) is 3.93. The molecule has 0 spiro atoms. The summed E-state index contributed by atoms with van der Waals surface area (Å²) in [6.07, 6.45) is 0. The van der Waals surface area contributed by atoms with Gasteiger partial charge in [0.1, 0.15) is 22.9 Å². The largest absolute Gasteiger partial charge is 0.456 e. The number of halogens is 1. The first-order chi connectivity index (χ1) is 9.11. The molecule has 0 aromatic heterocycles. The second-order valence-electron chi connectivity index (χ2n) is 3.93. The number of hydrogen-bond acceptors (Lipinski definition) is 3. The highest BCUT2D eigenvalue weighted by atomic mass is 19.1. The minimum absolute atomic E-state index is 0.0907. The number of ether oxygens (including phenoxy) is 1. The van der Waals surface area contributed by atoms with Crippen molar-refractivity contribution in [1.29, 1.82) is 0 Å². The van der Waals surface area contributed by atoms with E-state index in [0.29, 0.717) is 12.3 Å². The van der Waals surface area contributed by atoms with E-state index >= 15 is 0 Å². The maximum Gasteiger partial charge on any atom is 0.255 e. The van der Waals surface area contributed by atoms with Gasteiger partial charge in [-0.1, -0.05) is 18.2 Å². The summed E-state index contributed by atoms with van der Waals surface area (Å²) in [5, 5.41) is 0. The van der Waals surface area contributed by atoms with Gasteiger partial charge in [-0.3, -0.25) is 4.79 Å². The minimum atomic E-state index is -0.869. The third-order valence-electron chi connectivity index (χ3n) is 2.61. The van der Waals surface area contributed by atoms with Crippen LogP contribution in [0.3, 0.4) is 0 Å². The molecule has 0 radical (unpaired) electrons. The number of rotatable bonds is 4. The molecule has 2 aromatic carbocycles. The average molecular weight is 260 g/mol. The van der Waals surface area contributed by atoms with Crippen LogP contribution in [0.5, 0.6) is 11.5 Å². The number of carbonyl (C=O) groups excluding carboxylic acids is 1. The molecule has 0 atom stereocenters. The van der Waals surface area contributed by atoms with Crippen molar-refractivity contribution in [2.75, 3.05) is 0 Å². The third kappa shape index (κ3) is 2.89. The monoisotopic (exact) mass is 260 g/mol. The van der Waals surface area contributed by atoms with Crippen LogP contribution in [0.15, 0.2) is 42.5 Å². The first-order valence-corrected chi connectivity index (χ1v) is 5.67. The standard InChI is InChI=1S/C14H13FN2O2/c15-11-2-1-3-12(13(11)14(17)18)19-10-6-4-9(8-16)5-7-10/h1-7H,8,16H2,(H2,17,18). The zero-order chi connectivity index (χ0) is 13.8. The van der Waals surface area contributed by atoms with Crippen molar-refractivity contribution < 1.29 is 13.9 Å². The molecule has 0 saturated carbocycles. The topological polar surface area (TPSA) is 78.3 Å². The van der Waals surface area contributed by atoms with Crippen LogP contribution >= 0.6 is 0 Å². The van der Waals surface area contributed by atoms with Gasteiger partial charge in [-0.15, -0.1) is 0 Å². The average Bonchev–Trinajstić information content (AvgIpc) is 2.39. The van der Waals surface area contributed by atoms with Crippen molar-refractivity contribution in [3.8, 4) is 11.5 Å². The van der Waals surface area contributed by atoms with Gasteiger partial charge in [-0.25, -0.2) is 4.39 Å². The maximum atomic E-state index is 13.5. The molecule has 98 valence electrons. The lowest BCUT2D eigenvalue weighted by molar-refractivity contribution is 0.0994. The Bertz CT molecular complexity index is 597. The van der Waals surface area contributed by atoms with Gasteiger partial charge in [-0.05, 0) is 29.8 Å². The van der Waals surface area contributed by atoms with Crippen LogP contribution in [-0.2, 0) is 6.54 Å². The van der Waals surface area contributed by atoms with E-state index in [1.165, 1.54) is 12.1 Å². The Morgan fingerprint density at radius 2 is 1.84 bits per heavy atom. The molecule has 4 nitrogen and oxygen atoms in total. The zero-order valence-electron chi connectivity index (χ0n) is 10.1. The Kier molecular flexibility index (Phi) is 3.77. The van der Waals surface area contributed by atoms with E-state index in [-0.39, 0.29) is 11.3 Å². The fraction of sp³-hybridized carbons (Fsp3) is 0.0714. The fourth-order valence-corrected chi connectivity index (χ4v) is 1.65. The summed E-state index contributed by atoms with van der Waals surface area (Å²) >= 11 is 0. The smallest absolute Gasteiger partial charge is 0.255 e. The molecule has 0 aliphatic rings. The summed E-state index contributed by atoms with van der Waals surface area (Å²) in [7, 11) is 0. The molecular formula is C14H13FN2O2. The van der Waals surface area contributed by atoms with Crippen LogP contribution < -0.4 is 16.2 Å². The maximum absolute atomic E-state index is 13.5. The highest BCUT2D eigenvalue weighted by molar-refractivity contribution is 5.96. The second kappa shape index (κ2) is 5.49. The van der Waals surface area contributed by atoms with Crippen LogP contribution in [0, 0.1) is 5.82 Å². The van der Waals surface area contributed by atoms with E-state index in [1.807, 2.05) is 0 Å². The number of primary amides is 1. The Morgan fingerprint density at radius 1 is 1.16 bits per heavy atom. The number of amides is 1. The number of benzene rings is 2. The molecule has 0 heterocycles. The molecule has 2 aromatic rings. The van der Waals surface area contributed by atoms with Crippen molar-refractivity contribution in [3.63, 3.8) is 0 Å². The molecule has 0 unspecified atom stereocenters. The van der Waals surface area contributed by atoms with Gasteiger partial charge in [0.15, 0.2) is 0 Å². The molecule has 19 heavy (non-hydrogen) atoms. The number of nitrogens with two attached hydrogens (primary N) is 2. The van der Waals surface area contributed by atoms with Crippen molar-refractivity contribution in [3.05, 3.63) is 59.4 Å². The van der Waals surface area contributed by atoms with E-state index in [2.05, 4.69) is 0 Å². The molecule has 0 bridgehead atoms. The van der Waals surface area contributed by atoms with Gasteiger partial charge in [0.05, 0.1) is 0 Å². The molecular weight excluding hydrogens is 247 g/mol. The van der Waals surface area contributed by atoms with Crippen LogP contribution in [0.2, 0.25) is 0 Å². The van der Waals surface area contributed by atoms with Crippen LogP contribution in [-0.4, -0.2) is 5.91 Å². The fourth-order valence-electron chi connectivity index (χ4n) is 1.65. The van der Waals surface area contributed by atoms with Gasteiger partial charge in [0, 0.05) is 6.54 Å². The lowest BCUT2D eigenvalue weighted by atomic mass is 10.1. The summed E-state index contributed by atoms with van der Waals surface area (Å²) < 4.78 is 19.0. The molecule has 0 saturated heterocycles. The highest BCUT2D eigenvalue weighted by Gasteiger charge is 2.15. The highest BCUT2D eigenvalue weighted by Crippen LogP contribution is 2.27. The third-order valence-corrected chi connectivity index (χ3v) is 2.61. The Morgan fingerprint density at radius 3 is 2.42 bits per heavy atom. The quantitative estimate of drug-likeness (QED) is 0.884. The SMILES string of the molecule is NCc1ccc(Oc2cccc(F)c2C(N)=O)cc1. The van der Waals surface area contributed by atoms with E-state index in [4.69, 9.17) is 16.2 Å². The summed E-state index contributed by atoms with van der Waals surface area (Å²) in [4.78, 5) is 11.2. The number of carbonyl (C=O) groups is 1. The Hall–Kier alpha value is -2.40. The predicted molar refractivity (Wildman–Crippen MR) is 69.3 cm³/mol. The zero-order valence-corrected chi connectivity index (χ0v) is 10.1. The molecule has 2 rings (SSSR count). The molecule has 4 N–H and O–H groups in total. The van der Waals surface area contributed by atoms with Crippen molar-refractivity contribution in [2.45, 2.75) is 6.54 Å². The van der Waals surface area contributed by atoms with Gasteiger partial charge < -0.3 is 16.2 Å². The first kappa shape index (κ1) is 13.0. The van der Waals surface area contributed by atoms with Gasteiger partial charge >= 0.3 is 0 Å². The first-order valence-electron chi connectivity index (χ1n) is 5.67.